The van der Waals surface area contributed by atoms with Crippen LogP contribution in [0.5, 0.6) is 0 Å². The maximum absolute atomic E-state index is 11.2. The minimum atomic E-state index is -0.576. The van der Waals surface area contributed by atoms with Crippen LogP contribution in [0.1, 0.15) is 23.2 Å². The Hall–Kier alpha value is -1.44. The number of carbonyl (C=O) groups is 1. The molecule has 102 valence electrons. The third-order valence-corrected chi connectivity index (χ3v) is 2.45. The number of ether oxygens (including phenoxy) is 2. The van der Waals surface area contributed by atoms with Crippen molar-refractivity contribution in [3.8, 4) is 0 Å². The van der Waals surface area contributed by atoms with Crippen molar-refractivity contribution in [1.29, 1.82) is 0 Å². The molecule has 0 aromatic carbocycles. The van der Waals surface area contributed by atoms with Gasteiger partial charge in [0, 0.05) is 13.2 Å². The van der Waals surface area contributed by atoms with Gasteiger partial charge in [0.05, 0.1) is 32.4 Å². The van der Waals surface area contributed by atoms with E-state index in [1.165, 1.54) is 13.2 Å². The highest BCUT2D eigenvalue weighted by atomic mass is 16.5. The van der Waals surface area contributed by atoms with Crippen molar-refractivity contribution < 1.29 is 23.9 Å². The Morgan fingerprint density at radius 3 is 2.89 bits per heavy atom. The lowest BCUT2D eigenvalue weighted by Crippen LogP contribution is -2.48. The maximum atomic E-state index is 11.2. The van der Waals surface area contributed by atoms with Crippen molar-refractivity contribution >= 4 is 5.97 Å². The summed E-state index contributed by atoms with van der Waals surface area (Å²) in [5, 5.41) is 15.9. The summed E-state index contributed by atoms with van der Waals surface area (Å²) >= 11 is 0. The molecule has 0 bridgehead atoms. The molecule has 1 unspecified atom stereocenters. The first kappa shape index (κ1) is 14.6. The van der Waals surface area contributed by atoms with Crippen LogP contribution in [0.4, 0.5) is 0 Å². The summed E-state index contributed by atoms with van der Waals surface area (Å²) in [6, 6.07) is 1.49. The van der Waals surface area contributed by atoms with Crippen LogP contribution in [0.3, 0.4) is 0 Å². The Kier molecular flexibility index (Phi) is 5.26. The standard InChI is InChI=1S/C11H18N2O5/c1-11(6-14,7-16-2)12-5-8-4-9(13-18-8)10(15)17-3/h4,12,14H,5-7H2,1-3H3. The third-order valence-electron chi connectivity index (χ3n) is 2.45. The SMILES string of the molecule is COCC(C)(CO)NCc1cc(C(=O)OC)no1. The number of carbonyl (C=O) groups excluding carboxylic acids is 1. The molecule has 0 saturated carbocycles. The molecule has 7 nitrogen and oxygen atoms in total. The van der Waals surface area contributed by atoms with Gasteiger partial charge in [-0.1, -0.05) is 5.16 Å². The van der Waals surface area contributed by atoms with E-state index in [2.05, 4.69) is 15.2 Å². The molecule has 1 aromatic heterocycles. The van der Waals surface area contributed by atoms with E-state index in [0.717, 1.165) is 0 Å². The molecule has 0 aliphatic heterocycles. The highest BCUT2D eigenvalue weighted by molar-refractivity contribution is 5.86. The number of aromatic nitrogens is 1. The minimum absolute atomic E-state index is 0.0845. The van der Waals surface area contributed by atoms with E-state index in [1.54, 1.807) is 7.11 Å². The van der Waals surface area contributed by atoms with Crippen molar-refractivity contribution in [1.82, 2.24) is 10.5 Å². The number of methoxy groups -OCH3 is 2. The topological polar surface area (TPSA) is 93.8 Å². The van der Waals surface area contributed by atoms with Crippen LogP contribution in [0.25, 0.3) is 0 Å². The number of nitrogens with one attached hydrogen (secondary N) is 1. The van der Waals surface area contributed by atoms with Gasteiger partial charge in [-0.05, 0) is 6.92 Å². The fourth-order valence-electron chi connectivity index (χ4n) is 1.37. The maximum Gasteiger partial charge on any atom is 0.360 e. The Bertz CT molecular complexity index is 393. The molecule has 1 atom stereocenters. The number of hydrogen-bond acceptors (Lipinski definition) is 7. The smallest absolute Gasteiger partial charge is 0.360 e. The zero-order valence-electron chi connectivity index (χ0n) is 10.7. The van der Waals surface area contributed by atoms with Crippen molar-refractivity contribution in [3.63, 3.8) is 0 Å². The molecule has 7 heteroatoms. The number of hydrogen-bond donors (Lipinski definition) is 2. The van der Waals surface area contributed by atoms with Crippen LogP contribution < -0.4 is 5.32 Å². The number of aliphatic hydroxyl groups is 1. The molecule has 1 rings (SSSR count). The van der Waals surface area contributed by atoms with Crippen LogP contribution in [0, 0.1) is 0 Å². The van der Waals surface area contributed by atoms with E-state index in [1.807, 2.05) is 6.92 Å². The van der Waals surface area contributed by atoms with Crippen LogP contribution in [-0.4, -0.2) is 49.2 Å². The molecule has 2 N–H and O–H groups in total. The van der Waals surface area contributed by atoms with Crippen LogP contribution in [0.2, 0.25) is 0 Å². The molecule has 0 saturated heterocycles. The van der Waals surface area contributed by atoms with Gasteiger partial charge in [-0.2, -0.15) is 0 Å². The van der Waals surface area contributed by atoms with E-state index >= 15 is 0 Å². The third kappa shape index (κ3) is 3.80. The summed E-state index contributed by atoms with van der Waals surface area (Å²) in [4.78, 5) is 11.2. The number of rotatable bonds is 7. The lowest BCUT2D eigenvalue weighted by atomic mass is 10.1. The number of aliphatic hydroxyl groups excluding tert-OH is 1. The van der Waals surface area contributed by atoms with Gasteiger partial charge in [-0.3, -0.25) is 0 Å². The first-order chi connectivity index (χ1) is 8.54. The number of esters is 1. The summed E-state index contributed by atoms with van der Waals surface area (Å²) in [5.41, 5.74) is -0.459. The van der Waals surface area contributed by atoms with E-state index < -0.39 is 11.5 Å². The monoisotopic (exact) mass is 258 g/mol. The van der Waals surface area contributed by atoms with Gasteiger partial charge in [0.25, 0.3) is 0 Å². The molecule has 0 radical (unpaired) electrons. The lowest BCUT2D eigenvalue weighted by molar-refractivity contribution is 0.0589. The van der Waals surface area contributed by atoms with Crippen molar-refractivity contribution in [2.24, 2.45) is 0 Å². The van der Waals surface area contributed by atoms with Crippen molar-refractivity contribution in [2.45, 2.75) is 19.0 Å². The highest BCUT2D eigenvalue weighted by Crippen LogP contribution is 2.08. The predicted octanol–water partition coefficient (Wildman–Crippen LogP) is -0.0518. The summed E-state index contributed by atoms with van der Waals surface area (Å²) in [6.07, 6.45) is 0. The molecular formula is C11H18N2O5. The van der Waals surface area contributed by atoms with E-state index in [4.69, 9.17) is 9.26 Å². The molecule has 0 spiro atoms. The van der Waals surface area contributed by atoms with Crippen molar-refractivity contribution in [3.05, 3.63) is 17.5 Å². The second kappa shape index (κ2) is 6.48. The summed E-state index contributed by atoms with van der Waals surface area (Å²) in [7, 11) is 2.83. The van der Waals surface area contributed by atoms with Gasteiger partial charge in [-0.15, -0.1) is 0 Å². The Morgan fingerprint density at radius 1 is 1.61 bits per heavy atom. The van der Waals surface area contributed by atoms with Gasteiger partial charge < -0.3 is 24.4 Å². The molecule has 0 aliphatic rings. The molecule has 0 aliphatic carbocycles. The molecule has 1 heterocycles. The van der Waals surface area contributed by atoms with E-state index in [9.17, 15) is 9.90 Å². The zero-order chi connectivity index (χ0) is 13.6. The Labute approximate surface area is 105 Å². The summed E-state index contributed by atoms with van der Waals surface area (Å²) in [5.74, 6) is -0.0713. The molecule has 1 aromatic rings. The van der Waals surface area contributed by atoms with Crippen LogP contribution in [0.15, 0.2) is 10.6 Å². The van der Waals surface area contributed by atoms with Crippen molar-refractivity contribution in [2.75, 3.05) is 27.4 Å². The highest BCUT2D eigenvalue weighted by Gasteiger charge is 2.23. The second-order valence-corrected chi connectivity index (χ2v) is 4.18. The van der Waals surface area contributed by atoms with Gasteiger partial charge in [0.2, 0.25) is 0 Å². The summed E-state index contributed by atoms with van der Waals surface area (Å²) in [6.45, 7) is 2.40. The van der Waals surface area contributed by atoms with Crippen LogP contribution >= 0.6 is 0 Å². The van der Waals surface area contributed by atoms with Crippen LogP contribution in [-0.2, 0) is 16.0 Å². The molecule has 18 heavy (non-hydrogen) atoms. The normalized spacial score (nSPS) is 14.2. The van der Waals surface area contributed by atoms with E-state index in [0.29, 0.717) is 18.9 Å². The Balaban J connectivity index is 2.57. The van der Waals surface area contributed by atoms with Gasteiger partial charge >= 0.3 is 5.97 Å². The quantitative estimate of drug-likeness (QED) is 0.662. The number of nitrogens with zero attached hydrogens (tertiary/aromatic N) is 1. The average Bonchev–Trinajstić information content (AvgIpc) is 2.85. The fraction of sp³-hybridized carbons (Fsp3) is 0.636. The Morgan fingerprint density at radius 2 is 2.33 bits per heavy atom. The lowest BCUT2D eigenvalue weighted by Gasteiger charge is -2.27. The summed E-state index contributed by atoms with van der Waals surface area (Å²) < 4.78 is 14.5. The van der Waals surface area contributed by atoms with Gasteiger partial charge in [-0.25, -0.2) is 4.79 Å². The molecule has 0 amide bonds. The van der Waals surface area contributed by atoms with E-state index in [-0.39, 0.29) is 12.3 Å². The average molecular weight is 258 g/mol. The molecular weight excluding hydrogens is 240 g/mol. The predicted molar refractivity (Wildman–Crippen MR) is 62.0 cm³/mol. The first-order valence-electron chi connectivity index (χ1n) is 5.43. The zero-order valence-corrected chi connectivity index (χ0v) is 10.7. The first-order valence-corrected chi connectivity index (χ1v) is 5.43. The minimum Gasteiger partial charge on any atom is -0.464 e. The fourth-order valence-corrected chi connectivity index (χ4v) is 1.37. The van der Waals surface area contributed by atoms with Gasteiger partial charge in [0.1, 0.15) is 0 Å². The molecule has 0 fully saturated rings. The second-order valence-electron chi connectivity index (χ2n) is 4.18. The largest absolute Gasteiger partial charge is 0.464 e. The van der Waals surface area contributed by atoms with Gasteiger partial charge in [0.15, 0.2) is 11.5 Å².